The molecule has 4 aliphatic heterocycles. The molecule has 0 aromatic heterocycles. The Labute approximate surface area is 432 Å². The standard InChI is InChI=1S/C52H86O22/c1-22(2)24(12-15-53)7-6-23(3)29-17-30(57)35-27-9-8-25-16-26(10-13-51(25,4)28(27)11-14-52(29,35)5)68-49-43(66)45(44(34(20-56)71-49)72-47-41(64)39(62)37(60)32(18-54)69-47)73-50-46(36(59)31(58)21-67-50)74-48-42(65)40(63)38(61)33(19-55)70-48/h9,12,22-23,25-26,28-50,53-66H,6-8,10-11,13-21H2,1-5H3/b24-12+/t23-,25?,26+,28+,29?,30-,31-,32-,33-,34-,35-,36-,37+,38+,39+,40+,41-,42-,43-,44-,45-,46+,47+,48+,49-,50+,51+,52-/m1/s1. The third kappa shape index (κ3) is 11.2. The third-order valence-corrected chi connectivity index (χ3v) is 18.9. The van der Waals surface area contributed by atoms with E-state index in [4.69, 9.17) is 37.9 Å². The van der Waals surface area contributed by atoms with Crippen LogP contribution in [0.15, 0.2) is 23.3 Å². The lowest BCUT2D eigenvalue weighted by Crippen LogP contribution is -2.67. The molecule has 2 unspecified atom stereocenters. The Bertz CT molecular complexity index is 1890. The van der Waals surface area contributed by atoms with Crippen LogP contribution < -0.4 is 0 Å². The summed E-state index contributed by atoms with van der Waals surface area (Å²) in [7, 11) is 0. The summed E-state index contributed by atoms with van der Waals surface area (Å²) in [4.78, 5) is 0. The summed E-state index contributed by atoms with van der Waals surface area (Å²) in [6, 6.07) is 0. The zero-order valence-corrected chi connectivity index (χ0v) is 43.2. The molecule has 7 fully saturated rings. The van der Waals surface area contributed by atoms with E-state index < -0.39 is 155 Å². The topological polar surface area (TPSA) is 357 Å². The van der Waals surface area contributed by atoms with Crippen molar-refractivity contribution in [1.29, 1.82) is 0 Å². The predicted molar refractivity (Wildman–Crippen MR) is 256 cm³/mol. The fraction of sp³-hybridized carbons (Fsp3) is 0.923. The molecule has 22 nitrogen and oxygen atoms in total. The Morgan fingerprint density at radius 2 is 1.19 bits per heavy atom. The highest BCUT2D eigenvalue weighted by molar-refractivity contribution is 5.29. The predicted octanol–water partition coefficient (Wildman–Crippen LogP) is -2.18. The van der Waals surface area contributed by atoms with E-state index in [0.717, 1.165) is 44.9 Å². The number of allylic oxidation sites excluding steroid dienone is 2. The summed E-state index contributed by atoms with van der Waals surface area (Å²) in [6.45, 7) is 8.42. The molecule has 3 saturated carbocycles. The number of aliphatic hydroxyl groups is 14. The molecule has 0 bridgehead atoms. The normalized spacial score (nSPS) is 50.5. The van der Waals surface area contributed by atoms with Gasteiger partial charge in [-0.25, -0.2) is 0 Å². The second kappa shape index (κ2) is 24.1. The summed E-state index contributed by atoms with van der Waals surface area (Å²) >= 11 is 0. The maximum atomic E-state index is 12.3. The van der Waals surface area contributed by atoms with Crippen LogP contribution in [0.2, 0.25) is 0 Å². The minimum atomic E-state index is -1.94. The van der Waals surface area contributed by atoms with E-state index in [-0.39, 0.29) is 35.2 Å². The first-order chi connectivity index (χ1) is 35.1. The van der Waals surface area contributed by atoms with Gasteiger partial charge in [-0.05, 0) is 98.2 Å². The highest BCUT2D eigenvalue weighted by Gasteiger charge is 2.62. The van der Waals surface area contributed by atoms with Crippen molar-refractivity contribution >= 4 is 0 Å². The van der Waals surface area contributed by atoms with Crippen LogP contribution in [0.25, 0.3) is 0 Å². The first kappa shape index (κ1) is 58.7. The van der Waals surface area contributed by atoms with Crippen LogP contribution >= 0.6 is 0 Å². The van der Waals surface area contributed by atoms with Crippen molar-refractivity contribution in [1.82, 2.24) is 0 Å². The molecular weight excluding hydrogens is 977 g/mol. The van der Waals surface area contributed by atoms with Gasteiger partial charge in [-0.3, -0.25) is 0 Å². The molecule has 0 aromatic rings. The molecule has 0 aromatic carbocycles. The van der Waals surface area contributed by atoms with E-state index >= 15 is 0 Å². The summed E-state index contributed by atoms with van der Waals surface area (Å²) in [5, 5.41) is 150. The van der Waals surface area contributed by atoms with Crippen molar-refractivity contribution < 1.29 is 109 Å². The van der Waals surface area contributed by atoms with E-state index in [2.05, 4.69) is 40.7 Å². The number of fused-ring (bicyclic) bond motifs is 5. The minimum Gasteiger partial charge on any atom is -0.394 e. The molecule has 8 rings (SSSR count). The number of hydrogen-bond acceptors (Lipinski definition) is 22. The van der Waals surface area contributed by atoms with E-state index in [1.165, 1.54) is 11.1 Å². The van der Waals surface area contributed by atoms with Gasteiger partial charge >= 0.3 is 0 Å². The second-order valence-corrected chi connectivity index (χ2v) is 23.5. The highest BCUT2D eigenvalue weighted by atomic mass is 16.8. The van der Waals surface area contributed by atoms with Crippen LogP contribution in [0.5, 0.6) is 0 Å². The summed E-state index contributed by atoms with van der Waals surface area (Å²) in [5.41, 5.74) is 2.45. The van der Waals surface area contributed by atoms with E-state index in [1.54, 1.807) is 0 Å². The molecule has 74 heavy (non-hydrogen) atoms. The van der Waals surface area contributed by atoms with Gasteiger partial charge < -0.3 is 109 Å². The van der Waals surface area contributed by atoms with Crippen molar-refractivity contribution in [2.24, 2.45) is 46.3 Å². The van der Waals surface area contributed by atoms with E-state index in [1.807, 2.05) is 6.08 Å². The lowest BCUT2D eigenvalue weighted by Gasteiger charge is -2.58. The number of rotatable bonds is 17. The molecule has 22 heteroatoms. The largest absolute Gasteiger partial charge is 0.394 e. The quantitative estimate of drug-likeness (QED) is 0.0689. The third-order valence-electron chi connectivity index (χ3n) is 18.9. The Kier molecular flexibility index (Phi) is 19.2. The Morgan fingerprint density at radius 3 is 1.78 bits per heavy atom. The molecule has 28 atom stereocenters. The first-order valence-corrected chi connectivity index (χ1v) is 26.9. The fourth-order valence-corrected chi connectivity index (χ4v) is 14.4. The Balaban J connectivity index is 1.01. The molecule has 14 N–H and O–H groups in total. The van der Waals surface area contributed by atoms with Gasteiger partial charge in [0.05, 0.1) is 45.2 Å². The van der Waals surface area contributed by atoms with Gasteiger partial charge in [0.15, 0.2) is 25.2 Å². The van der Waals surface area contributed by atoms with Crippen LogP contribution in [0.3, 0.4) is 0 Å². The van der Waals surface area contributed by atoms with Gasteiger partial charge in [-0.1, -0.05) is 57.9 Å². The van der Waals surface area contributed by atoms with Gasteiger partial charge in [-0.15, -0.1) is 0 Å². The molecule has 4 saturated heterocycles. The van der Waals surface area contributed by atoms with Crippen molar-refractivity contribution in [3.8, 4) is 0 Å². The number of ether oxygens (including phenoxy) is 8. The highest BCUT2D eigenvalue weighted by Crippen LogP contribution is 2.67. The zero-order chi connectivity index (χ0) is 53.7. The van der Waals surface area contributed by atoms with Gasteiger partial charge in [-0.2, -0.15) is 0 Å². The molecule has 426 valence electrons. The SMILES string of the molecule is CC(C)/C(=C/CO)CC[C@@H](C)C1C[C@@H](O)[C@H]2C3=CCC4C[C@@H](O[C@@H]5O[C@H](CO)[C@@H](O[C@@H]6O[C@H](CO)[C@H](O)[C@H](O)[C@H]6O)[C@H](O[C@@H]6OC[C@@H](O)[C@@H](O)[C@@H]6O[C@@H]6O[C@H](CO)[C@H](O)[C@H](O)[C@H]6O)[C@H]5O)CC[C@]4(C)[C@H]3CC[C@]12C. The monoisotopic (exact) mass is 1060 g/mol. The molecular formula is C52H86O22. The van der Waals surface area contributed by atoms with E-state index in [0.29, 0.717) is 30.6 Å². The van der Waals surface area contributed by atoms with Gasteiger partial charge in [0, 0.05) is 5.92 Å². The Hall–Kier alpha value is -1.40. The molecule has 0 spiro atoms. The maximum absolute atomic E-state index is 12.3. The zero-order valence-electron chi connectivity index (χ0n) is 43.2. The van der Waals surface area contributed by atoms with Crippen LogP contribution in [-0.4, -0.2) is 233 Å². The van der Waals surface area contributed by atoms with Crippen molar-refractivity contribution in [2.75, 3.05) is 33.0 Å². The average Bonchev–Trinajstić information content (AvgIpc) is 3.66. The Morgan fingerprint density at radius 1 is 0.622 bits per heavy atom. The molecule has 0 amide bonds. The fourth-order valence-electron chi connectivity index (χ4n) is 14.4. The molecule has 4 heterocycles. The summed E-state index contributed by atoms with van der Waals surface area (Å²) in [5.74, 6) is 1.55. The van der Waals surface area contributed by atoms with Crippen LogP contribution in [0.1, 0.15) is 92.4 Å². The number of hydrogen-bond donors (Lipinski definition) is 14. The molecule has 0 radical (unpaired) electrons. The lowest BCUT2D eigenvalue weighted by molar-refractivity contribution is -0.397. The van der Waals surface area contributed by atoms with Crippen molar-refractivity contribution in [2.45, 2.75) is 221 Å². The van der Waals surface area contributed by atoms with E-state index in [9.17, 15) is 71.5 Å². The van der Waals surface area contributed by atoms with Gasteiger partial charge in [0.25, 0.3) is 0 Å². The number of aliphatic hydroxyl groups excluding tert-OH is 14. The first-order valence-electron chi connectivity index (χ1n) is 26.9. The second-order valence-electron chi connectivity index (χ2n) is 23.5. The summed E-state index contributed by atoms with van der Waals surface area (Å²) < 4.78 is 48.2. The minimum absolute atomic E-state index is 0.0305. The summed E-state index contributed by atoms with van der Waals surface area (Å²) in [6.07, 6.45) is -22.1. The van der Waals surface area contributed by atoms with Crippen molar-refractivity contribution in [3.63, 3.8) is 0 Å². The van der Waals surface area contributed by atoms with Crippen LogP contribution in [-0.2, 0) is 37.9 Å². The average molecular weight is 1060 g/mol. The molecule has 8 aliphatic rings. The van der Waals surface area contributed by atoms with Gasteiger partial charge in [0.1, 0.15) is 91.6 Å². The maximum Gasteiger partial charge on any atom is 0.187 e. The lowest BCUT2D eigenvalue weighted by atomic mass is 9.47. The van der Waals surface area contributed by atoms with Gasteiger partial charge in [0.2, 0.25) is 0 Å². The van der Waals surface area contributed by atoms with Crippen LogP contribution in [0.4, 0.5) is 0 Å². The molecule has 4 aliphatic carbocycles. The van der Waals surface area contributed by atoms with Crippen molar-refractivity contribution in [3.05, 3.63) is 23.3 Å². The van der Waals surface area contributed by atoms with Crippen LogP contribution in [0, 0.1) is 46.3 Å². The smallest absolute Gasteiger partial charge is 0.187 e.